The number of hydrogen-bond acceptors (Lipinski definition) is 3. The van der Waals surface area contributed by atoms with E-state index in [1.165, 1.54) is 5.56 Å². The highest BCUT2D eigenvalue weighted by Crippen LogP contribution is 2.25. The molecule has 0 radical (unpaired) electrons. The molecule has 2 rings (SSSR count). The van der Waals surface area contributed by atoms with Gasteiger partial charge in [-0.05, 0) is 60.1 Å². The molecule has 2 aromatic rings. The largest absolute Gasteiger partial charge is 0.457 e. The zero-order valence-electron chi connectivity index (χ0n) is 11.7. The average molecular weight is 299 g/mol. The molecule has 3 N–H and O–H groups in total. The van der Waals surface area contributed by atoms with Gasteiger partial charge in [0.1, 0.15) is 11.5 Å². The van der Waals surface area contributed by atoms with Gasteiger partial charge in [-0.25, -0.2) is 0 Å². The lowest BCUT2D eigenvalue weighted by molar-refractivity contribution is 0.477. The molecule has 0 aliphatic carbocycles. The van der Waals surface area contributed by atoms with Gasteiger partial charge in [0.2, 0.25) is 0 Å². The maximum Gasteiger partial charge on any atom is 0.184 e. The smallest absolute Gasteiger partial charge is 0.184 e. The summed E-state index contributed by atoms with van der Waals surface area (Å²) in [7, 11) is 0. The number of benzene rings is 2. The second-order valence-corrected chi connectivity index (χ2v) is 4.81. The third-order valence-electron chi connectivity index (χ3n) is 2.85. The van der Waals surface area contributed by atoms with Gasteiger partial charge in [0, 0.05) is 0 Å². The van der Waals surface area contributed by atoms with Crippen LogP contribution in [0.1, 0.15) is 18.1 Å². The van der Waals surface area contributed by atoms with Gasteiger partial charge >= 0.3 is 0 Å². The molecule has 2 aromatic carbocycles. The number of hydrogen-bond donors (Lipinski definition) is 2. The number of nitrogens with one attached hydrogen (secondary N) is 1. The molecule has 0 spiro atoms. The van der Waals surface area contributed by atoms with Crippen molar-refractivity contribution in [3.05, 3.63) is 59.7 Å². The zero-order chi connectivity index (χ0) is 15.1. The van der Waals surface area contributed by atoms with Gasteiger partial charge in [-0.3, -0.25) is 5.43 Å². The molecular weight excluding hydrogens is 282 g/mol. The molecule has 0 saturated heterocycles. The molecule has 0 unspecified atom stereocenters. The molecule has 0 aliphatic heterocycles. The molecule has 4 nitrogen and oxygen atoms in total. The van der Waals surface area contributed by atoms with Gasteiger partial charge in [0.15, 0.2) is 5.11 Å². The molecule has 0 atom stereocenters. The Morgan fingerprint density at radius 2 is 1.95 bits per heavy atom. The average Bonchev–Trinajstić information content (AvgIpc) is 2.49. The van der Waals surface area contributed by atoms with Crippen LogP contribution in [0, 0.1) is 0 Å². The van der Waals surface area contributed by atoms with Crippen LogP contribution >= 0.6 is 12.2 Å². The van der Waals surface area contributed by atoms with Crippen LogP contribution in [0.25, 0.3) is 0 Å². The summed E-state index contributed by atoms with van der Waals surface area (Å²) >= 11 is 4.66. The number of nitrogens with zero attached hydrogens (tertiary/aromatic N) is 1. The van der Waals surface area contributed by atoms with Crippen molar-refractivity contribution in [2.45, 2.75) is 13.3 Å². The van der Waals surface area contributed by atoms with E-state index in [1.807, 2.05) is 42.5 Å². The number of nitrogens with two attached hydrogens (primary N) is 1. The molecule has 0 saturated carbocycles. The van der Waals surface area contributed by atoms with Gasteiger partial charge in [-0.2, -0.15) is 5.10 Å². The third kappa shape index (κ3) is 4.57. The van der Waals surface area contributed by atoms with Crippen molar-refractivity contribution in [3.63, 3.8) is 0 Å². The maximum absolute atomic E-state index is 5.90. The van der Waals surface area contributed by atoms with Gasteiger partial charge in [0.25, 0.3) is 0 Å². The highest BCUT2D eigenvalue weighted by atomic mass is 32.1. The highest BCUT2D eigenvalue weighted by Gasteiger charge is 2.02. The van der Waals surface area contributed by atoms with E-state index in [1.54, 1.807) is 6.21 Å². The van der Waals surface area contributed by atoms with Crippen molar-refractivity contribution in [1.82, 2.24) is 5.43 Å². The van der Waals surface area contributed by atoms with Crippen LogP contribution in [0.2, 0.25) is 0 Å². The fourth-order valence-corrected chi connectivity index (χ4v) is 1.87. The van der Waals surface area contributed by atoms with Crippen LogP contribution in [0.5, 0.6) is 11.5 Å². The van der Waals surface area contributed by atoms with Gasteiger partial charge in [-0.1, -0.05) is 25.1 Å². The first kappa shape index (κ1) is 15.0. The molecule has 108 valence electrons. The monoisotopic (exact) mass is 299 g/mol. The number of hydrazone groups is 1. The van der Waals surface area contributed by atoms with E-state index in [0.29, 0.717) is 0 Å². The van der Waals surface area contributed by atoms with Gasteiger partial charge in [0.05, 0.1) is 6.21 Å². The van der Waals surface area contributed by atoms with E-state index in [-0.39, 0.29) is 5.11 Å². The number of thiocarbonyl (C=S) groups is 1. The van der Waals surface area contributed by atoms with Crippen molar-refractivity contribution in [2.75, 3.05) is 0 Å². The zero-order valence-corrected chi connectivity index (χ0v) is 12.6. The standard InChI is InChI=1S/C16H17N3OS/c1-2-13-5-3-4-6-15(13)20-14-9-7-12(8-10-14)11-18-19-16(17)21/h3-11H,2H2,1H3,(H3,17,19,21)/b18-11-. The Balaban J connectivity index is 2.05. The number of para-hydroxylation sites is 1. The Morgan fingerprint density at radius 3 is 2.62 bits per heavy atom. The Morgan fingerprint density at radius 1 is 1.24 bits per heavy atom. The van der Waals surface area contributed by atoms with Crippen molar-refractivity contribution in [2.24, 2.45) is 10.8 Å². The Kier molecular flexibility index (Phi) is 5.29. The molecule has 0 heterocycles. The summed E-state index contributed by atoms with van der Waals surface area (Å²) in [5, 5.41) is 4.04. The first-order valence-electron chi connectivity index (χ1n) is 6.63. The van der Waals surface area contributed by atoms with E-state index >= 15 is 0 Å². The quantitative estimate of drug-likeness (QED) is 0.505. The lowest BCUT2D eigenvalue weighted by Crippen LogP contribution is -2.23. The molecule has 21 heavy (non-hydrogen) atoms. The second-order valence-electron chi connectivity index (χ2n) is 4.37. The predicted octanol–water partition coefficient (Wildman–Crippen LogP) is 3.21. The molecule has 0 aliphatic rings. The van der Waals surface area contributed by atoms with Crippen molar-refractivity contribution in [1.29, 1.82) is 0 Å². The third-order valence-corrected chi connectivity index (χ3v) is 2.94. The number of rotatable bonds is 5. The summed E-state index contributed by atoms with van der Waals surface area (Å²) in [4.78, 5) is 0. The minimum Gasteiger partial charge on any atom is -0.457 e. The van der Waals surface area contributed by atoms with Crippen molar-refractivity contribution >= 4 is 23.5 Å². The summed E-state index contributed by atoms with van der Waals surface area (Å²) in [5.74, 6) is 1.67. The summed E-state index contributed by atoms with van der Waals surface area (Å²) in [5.41, 5.74) is 9.90. The lowest BCUT2D eigenvalue weighted by Gasteiger charge is -2.09. The summed E-state index contributed by atoms with van der Waals surface area (Å²) in [6.07, 6.45) is 2.58. The topological polar surface area (TPSA) is 59.6 Å². The Bertz CT molecular complexity index is 638. The summed E-state index contributed by atoms with van der Waals surface area (Å²) < 4.78 is 5.90. The normalized spacial score (nSPS) is 10.5. The molecular formula is C16H17N3OS. The first-order chi connectivity index (χ1) is 10.2. The Hall–Kier alpha value is -2.40. The molecule has 0 bridgehead atoms. The van der Waals surface area contributed by atoms with E-state index in [2.05, 4.69) is 35.7 Å². The second kappa shape index (κ2) is 7.40. The van der Waals surface area contributed by atoms with E-state index in [4.69, 9.17) is 10.5 Å². The van der Waals surface area contributed by atoms with Crippen LogP contribution in [-0.2, 0) is 6.42 Å². The highest BCUT2D eigenvalue weighted by molar-refractivity contribution is 7.80. The lowest BCUT2D eigenvalue weighted by atomic mass is 10.1. The van der Waals surface area contributed by atoms with Crippen molar-refractivity contribution in [3.8, 4) is 11.5 Å². The SMILES string of the molecule is CCc1ccccc1Oc1ccc(/C=N\NC(N)=S)cc1. The minimum absolute atomic E-state index is 0.141. The van der Waals surface area contributed by atoms with Crippen molar-refractivity contribution < 1.29 is 4.74 Å². The Labute approximate surface area is 129 Å². The number of ether oxygens (including phenoxy) is 1. The maximum atomic E-state index is 5.90. The number of aryl methyl sites for hydroxylation is 1. The fourth-order valence-electron chi connectivity index (χ4n) is 1.81. The van der Waals surface area contributed by atoms with Crippen LogP contribution in [0.4, 0.5) is 0 Å². The van der Waals surface area contributed by atoms with Gasteiger partial charge in [-0.15, -0.1) is 0 Å². The van der Waals surface area contributed by atoms with E-state index in [9.17, 15) is 0 Å². The molecule has 0 aromatic heterocycles. The van der Waals surface area contributed by atoms with Crippen LogP contribution in [0.15, 0.2) is 53.6 Å². The van der Waals surface area contributed by atoms with E-state index < -0.39 is 0 Å². The fraction of sp³-hybridized carbons (Fsp3) is 0.125. The predicted molar refractivity (Wildman–Crippen MR) is 89.9 cm³/mol. The van der Waals surface area contributed by atoms with Crippen LogP contribution < -0.4 is 15.9 Å². The minimum atomic E-state index is 0.141. The van der Waals surface area contributed by atoms with E-state index in [0.717, 1.165) is 23.5 Å². The van der Waals surface area contributed by atoms with Crippen LogP contribution in [-0.4, -0.2) is 11.3 Å². The molecule has 0 fully saturated rings. The molecule has 0 amide bonds. The van der Waals surface area contributed by atoms with Gasteiger partial charge < -0.3 is 10.5 Å². The van der Waals surface area contributed by atoms with Crippen LogP contribution in [0.3, 0.4) is 0 Å². The summed E-state index contributed by atoms with van der Waals surface area (Å²) in [6.45, 7) is 2.11. The summed E-state index contributed by atoms with van der Waals surface area (Å²) in [6, 6.07) is 15.6. The first-order valence-corrected chi connectivity index (χ1v) is 7.04. The molecule has 5 heteroatoms.